The maximum atomic E-state index is 8.35. The second-order valence-electron chi connectivity index (χ2n) is 2.00. The predicted molar refractivity (Wildman–Crippen MR) is 43.9 cm³/mol. The Kier molecular flexibility index (Phi) is 7.19. The minimum atomic E-state index is -1.60. The molecule has 0 aliphatic heterocycles. The Morgan fingerprint density at radius 1 is 1.46 bits per heavy atom. The summed E-state index contributed by atoms with van der Waals surface area (Å²) in [5, 5.41) is 16.7. The van der Waals surface area contributed by atoms with Gasteiger partial charge in [-0.2, -0.15) is 18.2 Å². The van der Waals surface area contributed by atoms with E-state index in [9.17, 15) is 0 Å². The fraction of sp³-hybridized carbons (Fsp3) is 0. The van der Waals surface area contributed by atoms with Crippen LogP contribution in [0.1, 0.15) is 0 Å². The summed E-state index contributed by atoms with van der Waals surface area (Å²) in [5.74, 6) is 2.64. The van der Waals surface area contributed by atoms with Crippen molar-refractivity contribution in [2.45, 2.75) is 0 Å². The predicted octanol–water partition coefficient (Wildman–Crippen LogP) is 0.192. The van der Waals surface area contributed by atoms with Crippen molar-refractivity contribution in [2.24, 2.45) is 0 Å². The first-order chi connectivity index (χ1) is 5.79. The van der Waals surface area contributed by atoms with E-state index in [1.165, 1.54) is 0 Å². The van der Waals surface area contributed by atoms with E-state index in [0.29, 0.717) is 5.75 Å². The van der Waals surface area contributed by atoms with Gasteiger partial charge in [0.1, 0.15) is 0 Å². The molecule has 0 saturated heterocycles. The summed E-state index contributed by atoms with van der Waals surface area (Å²) in [6.45, 7) is 0. The van der Waals surface area contributed by atoms with E-state index < -0.39 is 7.12 Å². The first-order valence-corrected chi connectivity index (χ1v) is 3.36. The third kappa shape index (κ3) is 5.99. The molecule has 0 atom stereocenters. The zero-order valence-corrected chi connectivity index (χ0v) is 9.68. The van der Waals surface area contributed by atoms with Gasteiger partial charge in [0.25, 0.3) is 7.12 Å². The van der Waals surface area contributed by atoms with Gasteiger partial charge in [-0.25, -0.2) is 0 Å². The minimum absolute atomic E-state index is 0. The average molecular weight is 251 g/mol. The standard InChI is InChI=1S/C8H7BO3.Y/c10-9(11)6-7-12-8-4-2-1-3-5-8;/h1-4,7,10-11H;/q-2;. The Bertz CT molecular complexity index is 251. The van der Waals surface area contributed by atoms with Gasteiger partial charge in [-0.05, 0) is 0 Å². The summed E-state index contributed by atoms with van der Waals surface area (Å²) >= 11 is 0. The van der Waals surface area contributed by atoms with E-state index in [1.807, 2.05) is 0 Å². The van der Waals surface area contributed by atoms with Crippen molar-refractivity contribution in [3.05, 3.63) is 42.6 Å². The van der Waals surface area contributed by atoms with Crippen LogP contribution in [-0.4, -0.2) is 17.2 Å². The number of para-hydroxylation sites is 1. The van der Waals surface area contributed by atoms with Crippen molar-refractivity contribution in [3.63, 3.8) is 0 Å². The van der Waals surface area contributed by atoms with Crippen LogP contribution in [0.2, 0.25) is 0 Å². The molecule has 0 amide bonds. The van der Waals surface area contributed by atoms with E-state index in [-0.39, 0.29) is 32.7 Å². The molecule has 13 heavy (non-hydrogen) atoms. The summed E-state index contributed by atoms with van der Waals surface area (Å²) in [6, 6.07) is 9.77. The van der Waals surface area contributed by atoms with Crippen LogP contribution in [0.4, 0.5) is 0 Å². The van der Waals surface area contributed by atoms with Crippen LogP contribution in [0.25, 0.3) is 0 Å². The van der Waals surface area contributed by atoms with Gasteiger partial charge in [0.2, 0.25) is 0 Å². The molecule has 0 bridgehead atoms. The van der Waals surface area contributed by atoms with Crippen molar-refractivity contribution < 1.29 is 47.5 Å². The SMILES string of the molecule is OB(O)[C-]=COc1[c-]cccc1.[Y]. The van der Waals surface area contributed by atoms with Crippen molar-refractivity contribution in [3.8, 4) is 5.75 Å². The third-order valence-corrected chi connectivity index (χ3v) is 1.08. The molecule has 0 spiro atoms. The molecule has 0 unspecified atom stereocenters. The maximum absolute atomic E-state index is 8.35. The van der Waals surface area contributed by atoms with Crippen LogP contribution in [0.3, 0.4) is 0 Å². The summed E-state index contributed by atoms with van der Waals surface area (Å²) in [5.41, 5.74) is 0. The van der Waals surface area contributed by atoms with Crippen LogP contribution in [0, 0.1) is 12.0 Å². The molecule has 1 aromatic rings. The molecule has 5 heteroatoms. The fourth-order valence-electron chi connectivity index (χ4n) is 0.609. The zero-order chi connectivity index (χ0) is 8.81. The van der Waals surface area contributed by atoms with E-state index in [0.717, 1.165) is 6.26 Å². The molecule has 1 radical (unpaired) electrons. The molecule has 0 aromatic heterocycles. The molecule has 2 N–H and O–H groups in total. The van der Waals surface area contributed by atoms with Crippen LogP contribution in [0.15, 0.2) is 30.5 Å². The van der Waals surface area contributed by atoms with Crippen LogP contribution >= 0.6 is 0 Å². The van der Waals surface area contributed by atoms with Crippen LogP contribution in [-0.2, 0) is 32.7 Å². The van der Waals surface area contributed by atoms with Crippen LogP contribution in [0.5, 0.6) is 5.75 Å². The molecule has 0 fully saturated rings. The number of benzene rings is 1. The van der Waals surface area contributed by atoms with Gasteiger partial charge in [-0.15, -0.1) is 12.1 Å². The quantitative estimate of drug-likeness (QED) is 0.458. The number of hydrogen-bond donors (Lipinski definition) is 2. The van der Waals surface area contributed by atoms with Gasteiger partial charge in [-0.1, -0.05) is 6.26 Å². The van der Waals surface area contributed by atoms with Gasteiger partial charge in [0.15, 0.2) is 0 Å². The molecule has 1 aromatic carbocycles. The Hall–Kier alpha value is -0.151. The van der Waals surface area contributed by atoms with Gasteiger partial charge in [0, 0.05) is 38.5 Å². The van der Waals surface area contributed by atoms with E-state index in [4.69, 9.17) is 14.8 Å². The van der Waals surface area contributed by atoms with Gasteiger partial charge in [0.05, 0.1) is 0 Å². The normalized spacial score (nSPS) is 9.38. The van der Waals surface area contributed by atoms with Gasteiger partial charge >= 0.3 is 0 Å². The average Bonchev–Trinajstić information content (AvgIpc) is 2.05. The molecule has 0 saturated carbocycles. The maximum Gasteiger partial charge on any atom is 0.264 e. The molecule has 0 heterocycles. The summed E-state index contributed by atoms with van der Waals surface area (Å²) in [6.07, 6.45) is 1.08. The number of rotatable bonds is 3. The summed E-state index contributed by atoms with van der Waals surface area (Å²) in [4.78, 5) is 0. The summed E-state index contributed by atoms with van der Waals surface area (Å²) in [7, 11) is -1.60. The van der Waals surface area contributed by atoms with Crippen molar-refractivity contribution in [2.75, 3.05) is 0 Å². The minimum Gasteiger partial charge on any atom is -0.528 e. The van der Waals surface area contributed by atoms with Gasteiger partial charge < -0.3 is 20.8 Å². The van der Waals surface area contributed by atoms with E-state index in [1.54, 1.807) is 24.3 Å². The molecule has 3 nitrogen and oxygen atoms in total. The second-order valence-corrected chi connectivity index (χ2v) is 2.00. The molecular formula is C8H7BO3Y-2. The van der Waals surface area contributed by atoms with Crippen molar-refractivity contribution >= 4 is 7.12 Å². The second kappa shape index (κ2) is 7.27. The first kappa shape index (κ1) is 12.8. The molecular weight excluding hydrogens is 244 g/mol. The largest absolute Gasteiger partial charge is 0.528 e. The van der Waals surface area contributed by atoms with Crippen molar-refractivity contribution in [1.82, 2.24) is 0 Å². The third-order valence-electron chi connectivity index (χ3n) is 1.08. The smallest absolute Gasteiger partial charge is 0.264 e. The Morgan fingerprint density at radius 3 is 2.77 bits per heavy atom. The fourth-order valence-corrected chi connectivity index (χ4v) is 0.609. The Labute approximate surface area is 102 Å². The Balaban J connectivity index is 0.00000144. The van der Waals surface area contributed by atoms with E-state index >= 15 is 0 Å². The topological polar surface area (TPSA) is 49.7 Å². The molecule has 65 valence electrons. The summed E-state index contributed by atoms with van der Waals surface area (Å²) < 4.78 is 4.91. The van der Waals surface area contributed by atoms with Gasteiger partial charge in [-0.3, -0.25) is 0 Å². The Morgan fingerprint density at radius 2 is 2.23 bits per heavy atom. The zero-order valence-electron chi connectivity index (χ0n) is 6.84. The number of hydrogen-bond acceptors (Lipinski definition) is 3. The van der Waals surface area contributed by atoms with E-state index in [2.05, 4.69) is 12.0 Å². The first-order valence-electron chi connectivity index (χ1n) is 3.36. The molecule has 0 aliphatic rings. The molecule has 1 rings (SSSR count). The monoisotopic (exact) mass is 251 g/mol. The van der Waals surface area contributed by atoms with Crippen molar-refractivity contribution in [1.29, 1.82) is 0 Å². The van der Waals surface area contributed by atoms with Crippen LogP contribution < -0.4 is 4.74 Å². The molecule has 0 aliphatic carbocycles. The number of ether oxygens (including phenoxy) is 1.